The van der Waals surface area contributed by atoms with Gasteiger partial charge in [0.1, 0.15) is 11.9 Å². The number of benzene rings is 1. The van der Waals surface area contributed by atoms with Gasteiger partial charge in [-0.1, -0.05) is 24.2 Å². The maximum Gasteiger partial charge on any atom is 0.140 e. The van der Waals surface area contributed by atoms with E-state index in [2.05, 4.69) is 5.16 Å². The van der Waals surface area contributed by atoms with Gasteiger partial charge >= 0.3 is 0 Å². The van der Waals surface area contributed by atoms with Crippen molar-refractivity contribution in [2.75, 3.05) is 0 Å². The lowest BCUT2D eigenvalue weighted by Crippen LogP contribution is -1.97. The molecule has 0 aliphatic heterocycles. The lowest BCUT2D eigenvalue weighted by molar-refractivity contribution is 0.318. The molecule has 3 nitrogen and oxygen atoms in total. The largest absolute Gasteiger partial charge is 0.411 e. The van der Waals surface area contributed by atoms with Gasteiger partial charge in [-0.3, -0.25) is 0 Å². The smallest absolute Gasteiger partial charge is 0.140 e. The fourth-order valence-electron chi connectivity index (χ4n) is 1.48. The SMILES string of the molecule is CCC(=NO)/C(C)=C/c1ccc(F)c(C#N)c1. The topological polar surface area (TPSA) is 56.4 Å². The van der Waals surface area contributed by atoms with Crippen LogP contribution in [0.1, 0.15) is 31.4 Å². The van der Waals surface area contributed by atoms with Gasteiger partial charge in [0.15, 0.2) is 0 Å². The van der Waals surface area contributed by atoms with E-state index in [1.54, 1.807) is 25.1 Å². The maximum absolute atomic E-state index is 13.1. The highest BCUT2D eigenvalue weighted by atomic mass is 19.1. The molecule has 0 amide bonds. The average Bonchev–Trinajstić information content (AvgIpc) is 2.33. The molecule has 0 aliphatic rings. The van der Waals surface area contributed by atoms with Crippen molar-refractivity contribution < 1.29 is 9.60 Å². The Bertz CT molecular complexity index is 513. The molecule has 0 radical (unpaired) electrons. The highest BCUT2D eigenvalue weighted by Gasteiger charge is 2.03. The second-order valence-electron chi connectivity index (χ2n) is 3.58. The first-order valence-electron chi connectivity index (χ1n) is 5.21. The van der Waals surface area contributed by atoms with Gasteiger partial charge in [0.2, 0.25) is 0 Å². The predicted octanol–water partition coefficient (Wildman–Crippen LogP) is 3.34. The van der Waals surface area contributed by atoms with Gasteiger partial charge in [0.25, 0.3) is 0 Å². The van der Waals surface area contributed by atoms with Gasteiger partial charge in [-0.25, -0.2) is 4.39 Å². The van der Waals surface area contributed by atoms with Crippen molar-refractivity contribution in [3.63, 3.8) is 0 Å². The van der Waals surface area contributed by atoms with E-state index < -0.39 is 5.82 Å². The van der Waals surface area contributed by atoms with E-state index in [1.807, 2.05) is 6.92 Å². The molecule has 4 heteroatoms. The fourth-order valence-corrected chi connectivity index (χ4v) is 1.48. The van der Waals surface area contributed by atoms with Crippen molar-refractivity contribution in [3.8, 4) is 6.07 Å². The Balaban J connectivity index is 3.11. The van der Waals surface area contributed by atoms with Crippen LogP contribution in [0.25, 0.3) is 6.08 Å². The molecule has 0 bridgehead atoms. The highest BCUT2D eigenvalue weighted by molar-refractivity contribution is 6.02. The summed E-state index contributed by atoms with van der Waals surface area (Å²) < 4.78 is 13.1. The van der Waals surface area contributed by atoms with Gasteiger partial charge in [-0.05, 0) is 36.6 Å². The van der Waals surface area contributed by atoms with Crippen LogP contribution in [-0.4, -0.2) is 10.9 Å². The van der Waals surface area contributed by atoms with Crippen LogP contribution >= 0.6 is 0 Å². The third-order valence-electron chi connectivity index (χ3n) is 2.40. The van der Waals surface area contributed by atoms with Crippen LogP contribution in [-0.2, 0) is 0 Å². The number of hydrogen-bond donors (Lipinski definition) is 1. The van der Waals surface area contributed by atoms with E-state index >= 15 is 0 Å². The molecule has 1 aromatic rings. The zero-order valence-electron chi connectivity index (χ0n) is 9.74. The fraction of sp³-hybridized carbons (Fsp3) is 0.231. The summed E-state index contributed by atoms with van der Waals surface area (Å²) in [4.78, 5) is 0. The lowest BCUT2D eigenvalue weighted by Gasteiger charge is -2.02. The van der Waals surface area contributed by atoms with Crippen molar-refractivity contribution >= 4 is 11.8 Å². The van der Waals surface area contributed by atoms with Crippen LogP contribution in [0.5, 0.6) is 0 Å². The van der Waals surface area contributed by atoms with Gasteiger partial charge in [-0.2, -0.15) is 5.26 Å². The van der Waals surface area contributed by atoms with Gasteiger partial charge in [0.05, 0.1) is 11.3 Å². The normalized spacial score (nSPS) is 12.4. The molecule has 88 valence electrons. The van der Waals surface area contributed by atoms with Crippen molar-refractivity contribution in [3.05, 3.63) is 40.7 Å². The Hall–Kier alpha value is -2.15. The summed E-state index contributed by atoms with van der Waals surface area (Å²) in [5.74, 6) is -0.533. The molecule has 17 heavy (non-hydrogen) atoms. The van der Waals surface area contributed by atoms with Crippen LogP contribution in [0.3, 0.4) is 0 Å². The molecular weight excluding hydrogens is 219 g/mol. The summed E-state index contributed by atoms with van der Waals surface area (Å²) in [6, 6.07) is 6.07. The first kappa shape index (κ1) is 12.9. The molecule has 1 rings (SSSR count). The number of oxime groups is 1. The second-order valence-corrected chi connectivity index (χ2v) is 3.58. The lowest BCUT2D eigenvalue weighted by atomic mass is 10.0. The Morgan fingerprint density at radius 3 is 2.82 bits per heavy atom. The van der Waals surface area contributed by atoms with Crippen LogP contribution < -0.4 is 0 Å². The Kier molecular flexibility index (Phi) is 4.41. The van der Waals surface area contributed by atoms with Crippen LogP contribution in [0.4, 0.5) is 4.39 Å². The van der Waals surface area contributed by atoms with E-state index in [0.717, 1.165) is 5.57 Å². The molecule has 0 unspecified atom stereocenters. The minimum absolute atomic E-state index is 0.00513. The molecule has 0 saturated heterocycles. The first-order valence-corrected chi connectivity index (χ1v) is 5.21. The van der Waals surface area contributed by atoms with Crippen LogP contribution in [0.15, 0.2) is 28.9 Å². The molecule has 0 atom stereocenters. The Labute approximate surface area is 99.5 Å². The number of nitriles is 1. The van der Waals surface area contributed by atoms with E-state index in [1.165, 1.54) is 12.1 Å². The Morgan fingerprint density at radius 1 is 1.59 bits per heavy atom. The number of halogens is 1. The molecule has 0 spiro atoms. The minimum Gasteiger partial charge on any atom is -0.411 e. The van der Waals surface area contributed by atoms with Crippen molar-refractivity contribution in [2.45, 2.75) is 20.3 Å². The maximum atomic E-state index is 13.1. The summed E-state index contributed by atoms with van der Waals surface area (Å²) in [5, 5.41) is 20.6. The molecule has 0 fully saturated rings. The molecule has 0 heterocycles. The summed E-state index contributed by atoms with van der Waals surface area (Å²) in [5.41, 5.74) is 2.05. The highest BCUT2D eigenvalue weighted by Crippen LogP contribution is 2.14. The second kappa shape index (κ2) is 5.80. The predicted molar refractivity (Wildman–Crippen MR) is 64.3 cm³/mol. The minimum atomic E-state index is -0.533. The third kappa shape index (κ3) is 3.15. The molecular formula is C13H13FN2O. The quantitative estimate of drug-likeness (QED) is 0.493. The number of rotatable bonds is 3. The van der Waals surface area contributed by atoms with Crippen LogP contribution in [0, 0.1) is 17.1 Å². The van der Waals surface area contributed by atoms with E-state index in [0.29, 0.717) is 17.7 Å². The third-order valence-corrected chi connectivity index (χ3v) is 2.40. The summed E-state index contributed by atoms with van der Waals surface area (Å²) >= 11 is 0. The number of nitrogens with zero attached hydrogens (tertiary/aromatic N) is 2. The first-order chi connectivity index (χ1) is 8.12. The molecule has 0 aromatic heterocycles. The van der Waals surface area contributed by atoms with Crippen molar-refractivity contribution in [1.82, 2.24) is 0 Å². The van der Waals surface area contributed by atoms with Gasteiger partial charge < -0.3 is 5.21 Å². The summed E-state index contributed by atoms with van der Waals surface area (Å²) in [7, 11) is 0. The van der Waals surface area contributed by atoms with E-state index in [-0.39, 0.29) is 5.56 Å². The van der Waals surface area contributed by atoms with Crippen molar-refractivity contribution in [2.24, 2.45) is 5.16 Å². The van der Waals surface area contributed by atoms with Crippen molar-refractivity contribution in [1.29, 1.82) is 5.26 Å². The number of allylic oxidation sites excluding steroid dienone is 1. The zero-order chi connectivity index (χ0) is 12.8. The van der Waals surface area contributed by atoms with Gasteiger partial charge in [-0.15, -0.1) is 0 Å². The molecule has 0 aliphatic carbocycles. The standard InChI is InChI=1S/C13H13FN2O/c1-3-13(16-17)9(2)6-10-4-5-12(14)11(7-10)8-15/h4-7,17H,3H2,1-2H3/b9-6+,16-13?. The monoisotopic (exact) mass is 232 g/mol. The molecule has 1 N–H and O–H groups in total. The zero-order valence-corrected chi connectivity index (χ0v) is 9.74. The average molecular weight is 232 g/mol. The Morgan fingerprint density at radius 2 is 2.29 bits per heavy atom. The van der Waals surface area contributed by atoms with E-state index in [9.17, 15) is 4.39 Å². The molecule has 0 saturated carbocycles. The van der Waals surface area contributed by atoms with Gasteiger partial charge in [0, 0.05) is 0 Å². The van der Waals surface area contributed by atoms with Crippen LogP contribution in [0.2, 0.25) is 0 Å². The summed E-state index contributed by atoms with van der Waals surface area (Å²) in [6.07, 6.45) is 2.35. The molecule has 1 aromatic carbocycles. The number of hydrogen-bond acceptors (Lipinski definition) is 3. The summed E-state index contributed by atoms with van der Waals surface area (Å²) in [6.45, 7) is 3.67. The van der Waals surface area contributed by atoms with E-state index in [4.69, 9.17) is 10.5 Å².